The number of hydrogen-bond donors (Lipinski definition) is 1. The van der Waals surface area contributed by atoms with E-state index < -0.39 is 15.3 Å². The van der Waals surface area contributed by atoms with Gasteiger partial charge in [-0.25, -0.2) is 0 Å². The maximum Gasteiger partial charge on any atom is 0.294 e. The summed E-state index contributed by atoms with van der Waals surface area (Å²) in [6, 6.07) is 9.95. The quantitative estimate of drug-likeness (QED) is 0.605. The minimum Gasteiger partial charge on any atom is -0.497 e. The van der Waals surface area contributed by atoms with Crippen molar-refractivity contribution in [3.63, 3.8) is 0 Å². The molecular weight excluding hydrogens is 482 g/mol. The molecule has 2 aromatic rings. The van der Waals surface area contributed by atoms with Crippen molar-refractivity contribution >= 4 is 55.8 Å². The summed E-state index contributed by atoms with van der Waals surface area (Å²) in [5.41, 5.74) is 0.592. The van der Waals surface area contributed by atoms with E-state index in [4.69, 9.17) is 4.74 Å². The number of anilines is 1. The van der Waals surface area contributed by atoms with Crippen molar-refractivity contribution in [1.82, 2.24) is 4.90 Å². The summed E-state index contributed by atoms with van der Waals surface area (Å²) in [6.45, 7) is 0. The van der Waals surface area contributed by atoms with Gasteiger partial charge in [-0.05, 0) is 48.6 Å². The number of methoxy groups -OCH3 is 1. The molecule has 0 spiro atoms. The third-order valence-electron chi connectivity index (χ3n) is 5.60. The predicted octanol–water partition coefficient (Wildman–Crippen LogP) is 4.11. The SMILES string of the molecule is COc1ccc(NC(=O)C[C@@H]2SC(=NS(=O)(=O)c3cccs3)N(C3CCCCC3)C2=O)cc1. The Labute approximate surface area is 201 Å². The lowest BCUT2D eigenvalue weighted by atomic mass is 9.94. The molecule has 1 N–H and O–H groups in total. The molecule has 1 aliphatic carbocycles. The minimum absolute atomic E-state index is 0.0726. The normalized spacial score (nSPS) is 20.9. The third-order valence-corrected chi connectivity index (χ3v) is 9.51. The van der Waals surface area contributed by atoms with Gasteiger partial charge in [0.15, 0.2) is 5.17 Å². The Kier molecular flexibility index (Phi) is 7.40. The fraction of sp³-hybridized carbons (Fsp3) is 0.409. The van der Waals surface area contributed by atoms with Gasteiger partial charge < -0.3 is 10.1 Å². The molecule has 1 aliphatic heterocycles. The maximum atomic E-state index is 13.3. The Balaban J connectivity index is 1.53. The van der Waals surface area contributed by atoms with Crippen LogP contribution in [0.15, 0.2) is 50.4 Å². The molecule has 8 nitrogen and oxygen atoms in total. The number of nitrogens with one attached hydrogen (secondary N) is 1. The monoisotopic (exact) mass is 507 g/mol. The number of thioether (sulfide) groups is 1. The minimum atomic E-state index is -3.92. The van der Waals surface area contributed by atoms with Gasteiger partial charge in [0.1, 0.15) is 15.2 Å². The van der Waals surface area contributed by atoms with E-state index in [0.29, 0.717) is 11.4 Å². The summed E-state index contributed by atoms with van der Waals surface area (Å²) < 4.78 is 34.9. The van der Waals surface area contributed by atoms with Crippen LogP contribution in [0.2, 0.25) is 0 Å². The van der Waals surface area contributed by atoms with Crippen LogP contribution < -0.4 is 10.1 Å². The van der Waals surface area contributed by atoms with E-state index in [1.807, 2.05) is 0 Å². The second kappa shape index (κ2) is 10.3. The zero-order chi connectivity index (χ0) is 23.4. The largest absolute Gasteiger partial charge is 0.497 e. The number of amidine groups is 1. The van der Waals surface area contributed by atoms with Crippen molar-refractivity contribution in [2.75, 3.05) is 12.4 Å². The number of rotatable bonds is 7. The maximum absolute atomic E-state index is 13.3. The summed E-state index contributed by atoms with van der Waals surface area (Å²) in [7, 11) is -2.36. The van der Waals surface area contributed by atoms with Gasteiger partial charge in [0.2, 0.25) is 11.8 Å². The van der Waals surface area contributed by atoms with E-state index >= 15 is 0 Å². The fourth-order valence-electron chi connectivity index (χ4n) is 3.97. The predicted molar refractivity (Wildman–Crippen MR) is 130 cm³/mol. The first-order valence-electron chi connectivity index (χ1n) is 10.7. The second-order valence-electron chi connectivity index (χ2n) is 7.87. The molecular formula is C22H25N3O5S3. The van der Waals surface area contributed by atoms with Gasteiger partial charge >= 0.3 is 0 Å². The lowest BCUT2D eigenvalue weighted by Crippen LogP contribution is -2.42. The first-order valence-corrected chi connectivity index (χ1v) is 13.9. The molecule has 11 heteroatoms. The van der Waals surface area contributed by atoms with E-state index in [2.05, 4.69) is 9.71 Å². The molecule has 2 fully saturated rings. The lowest BCUT2D eigenvalue weighted by molar-refractivity contribution is -0.130. The molecule has 176 valence electrons. The second-order valence-corrected chi connectivity index (χ2v) is 11.8. The van der Waals surface area contributed by atoms with Gasteiger partial charge in [-0.1, -0.05) is 37.1 Å². The molecule has 1 aromatic heterocycles. The Morgan fingerprint density at radius 2 is 1.91 bits per heavy atom. The van der Waals surface area contributed by atoms with Gasteiger partial charge in [-0.15, -0.1) is 15.7 Å². The first kappa shape index (κ1) is 23.8. The topological polar surface area (TPSA) is 105 Å². The van der Waals surface area contributed by atoms with Gasteiger partial charge in [0.05, 0.1) is 7.11 Å². The van der Waals surface area contributed by atoms with Crippen molar-refractivity contribution in [1.29, 1.82) is 0 Å². The van der Waals surface area contributed by atoms with Gasteiger partial charge in [0, 0.05) is 18.2 Å². The van der Waals surface area contributed by atoms with E-state index in [-0.39, 0.29) is 33.7 Å². The summed E-state index contributed by atoms with van der Waals surface area (Å²) in [4.78, 5) is 27.5. The van der Waals surface area contributed by atoms with Crippen LogP contribution in [-0.4, -0.2) is 48.7 Å². The van der Waals surface area contributed by atoms with E-state index in [0.717, 1.165) is 55.2 Å². The van der Waals surface area contributed by atoms with Crippen LogP contribution >= 0.6 is 23.1 Å². The molecule has 2 amide bonds. The van der Waals surface area contributed by atoms with Crippen LogP contribution in [0.3, 0.4) is 0 Å². The third kappa shape index (κ3) is 5.59. The highest BCUT2D eigenvalue weighted by Crippen LogP contribution is 2.36. The number of amides is 2. The van der Waals surface area contributed by atoms with Crippen LogP contribution in [-0.2, 0) is 19.6 Å². The van der Waals surface area contributed by atoms with Gasteiger partial charge in [0.25, 0.3) is 10.0 Å². The molecule has 0 unspecified atom stereocenters. The van der Waals surface area contributed by atoms with Crippen molar-refractivity contribution in [3.8, 4) is 5.75 Å². The summed E-state index contributed by atoms with van der Waals surface area (Å²) in [5, 5.41) is 3.91. The number of nitrogens with zero attached hydrogens (tertiary/aromatic N) is 2. The first-order chi connectivity index (χ1) is 15.9. The molecule has 0 radical (unpaired) electrons. The Morgan fingerprint density at radius 1 is 1.18 bits per heavy atom. The van der Waals surface area contributed by atoms with Crippen molar-refractivity contribution in [3.05, 3.63) is 41.8 Å². The number of sulfonamides is 1. The summed E-state index contributed by atoms with van der Waals surface area (Å²) >= 11 is 2.15. The molecule has 2 aliphatic rings. The highest BCUT2D eigenvalue weighted by Gasteiger charge is 2.43. The van der Waals surface area contributed by atoms with Crippen LogP contribution in [0, 0.1) is 0 Å². The molecule has 0 bridgehead atoms. The Hall–Kier alpha value is -2.37. The van der Waals surface area contributed by atoms with Crippen molar-refractivity contribution < 1.29 is 22.7 Å². The highest BCUT2D eigenvalue weighted by atomic mass is 32.2. The van der Waals surface area contributed by atoms with Crippen LogP contribution in [0.5, 0.6) is 5.75 Å². The van der Waals surface area contributed by atoms with E-state index in [1.54, 1.807) is 42.8 Å². The average Bonchev–Trinajstić information content (AvgIpc) is 3.44. The van der Waals surface area contributed by atoms with E-state index in [1.165, 1.54) is 11.0 Å². The molecule has 4 rings (SSSR count). The Morgan fingerprint density at radius 3 is 2.55 bits per heavy atom. The van der Waals surface area contributed by atoms with Gasteiger partial charge in [-0.2, -0.15) is 8.42 Å². The number of carbonyl (C=O) groups is 2. The van der Waals surface area contributed by atoms with Crippen molar-refractivity contribution in [2.45, 2.75) is 54.0 Å². The average molecular weight is 508 g/mol. The molecule has 1 saturated heterocycles. The molecule has 1 saturated carbocycles. The highest BCUT2D eigenvalue weighted by molar-refractivity contribution is 8.16. The molecule has 1 atom stereocenters. The van der Waals surface area contributed by atoms with E-state index in [9.17, 15) is 18.0 Å². The smallest absolute Gasteiger partial charge is 0.294 e. The summed E-state index contributed by atoms with van der Waals surface area (Å²) in [6.07, 6.45) is 4.58. The number of ether oxygens (including phenoxy) is 1. The zero-order valence-corrected chi connectivity index (χ0v) is 20.5. The van der Waals surface area contributed by atoms with Crippen LogP contribution in [0.1, 0.15) is 38.5 Å². The number of hydrogen-bond acceptors (Lipinski definition) is 7. The molecule has 1 aromatic carbocycles. The standard InChI is InChI=1S/C22H25N3O5S3/c1-30-17-11-9-15(10-12-17)23-19(26)14-18-21(27)25(16-6-3-2-4-7-16)22(32-18)24-33(28,29)20-8-5-13-31-20/h5,8-13,16,18H,2-4,6-7,14H2,1H3,(H,23,26)/t18-/m0/s1. The van der Waals surface area contributed by atoms with Crippen LogP contribution in [0.4, 0.5) is 5.69 Å². The fourth-order valence-corrected chi connectivity index (χ4v) is 7.34. The molecule has 2 heterocycles. The summed E-state index contributed by atoms with van der Waals surface area (Å²) in [5.74, 6) is 0.0966. The van der Waals surface area contributed by atoms with Gasteiger partial charge in [-0.3, -0.25) is 14.5 Å². The number of benzene rings is 1. The number of carbonyl (C=O) groups excluding carboxylic acids is 2. The number of thiophene rings is 1. The van der Waals surface area contributed by atoms with Crippen LogP contribution in [0.25, 0.3) is 0 Å². The lowest BCUT2D eigenvalue weighted by Gasteiger charge is -2.30. The zero-order valence-electron chi connectivity index (χ0n) is 18.1. The Bertz CT molecular complexity index is 1120. The van der Waals surface area contributed by atoms with Crippen molar-refractivity contribution in [2.24, 2.45) is 4.40 Å². The molecule has 33 heavy (non-hydrogen) atoms.